The second-order valence-corrected chi connectivity index (χ2v) is 1.88. The van der Waals surface area contributed by atoms with Gasteiger partial charge in [-0.05, 0) is 0 Å². The largest absolute Gasteiger partial charge is 0.369 e. The van der Waals surface area contributed by atoms with Crippen LogP contribution in [0.4, 0.5) is 0 Å². The number of aliphatic hydroxyl groups excluding tert-OH is 2. The molecule has 0 aromatic rings. The highest BCUT2D eigenvalue weighted by Crippen LogP contribution is 2.01. The van der Waals surface area contributed by atoms with E-state index in [1.165, 1.54) is 0 Å². The topological polar surface area (TPSA) is 64.9 Å². The van der Waals surface area contributed by atoms with Gasteiger partial charge < -0.3 is 15.5 Å². The first-order valence-electron chi connectivity index (χ1n) is 2.09. The molecule has 0 fully saturated rings. The maximum absolute atomic E-state index is 8.64. The van der Waals surface area contributed by atoms with Crippen LogP contribution in [0.2, 0.25) is 0 Å². The molecule has 46 valence electrons. The Hall–Kier alpha value is -0.260. The number of hydrogen-bond acceptors (Lipinski definition) is 4. The van der Waals surface area contributed by atoms with Crippen molar-refractivity contribution in [2.45, 2.75) is 12.5 Å². The van der Waals surface area contributed by atoms with Crippen molar-refractivity contribution in [3.8, 4) is 0 Å². The molecule has 2 atom stereocenters. The molecule has 0 aromatic heterocycles. The summed E-state index contributed by atoms with van der Waals surface area (Å²) in [6, 6.07) is 0. The molecule has 4 nitrogen and oxygen atoms in total. The lowest BCUT2D eigenvalue weighted by Gasteiger charge is -2.03. The average Bonchev–Trinajstić information content (AvgIpc) is 1.85. The molecular formula is C3H6N2O2S. The summed E-state index contributed by atoms with van der Waals surface area (Å²) in [5.41, 5.74) is 0. The third kappa shape index (κ3) is 0.936. The SMILES string of the molecule is OC1N=C(S)NC1O. The van der Waals surface area contributed by atoms with Gasteiger partial charge in [0.2, 0.25) is 0 Å². The minimum absolute atomic E-state index is 0.269. The number of aliphatic hydroxyl groups is 2. The van der Waals surface area contributed by atoms with E-state index in [2.05, 4.69) is 22.9 Å². The molecule has 0 amide bonds. The van der Waals surface area contributed by atoms with Crippen LogP contribution in [0.15, 0.2) is 4.99 Å². The molecule has 1 rings (SSSR count). The first-order valence-corrected chi connectivity index (χ1v) is 2.54. The van der Waals surface area contributed by atoms with Gasteiger partial charge in [-0.15, -0.1) is 12.6 Å². The van der Waals surface area contributed by atoms with Crippen molar-refractivity contribution in [3.63, 3.8) is 0 Å². The molecule has 1 aliphatic rings. The van der Waals surface area contributed by atoms with Crippen molar-refractivity contribution in [2.75, 3.05) is 0 Å². The van der Waals surface area contributed by atoms with E-state index < -0.39 is 12.5 Å². The Bertz CT molecular complexity index is 126. The van der Waals surface area contributed by atoms with E-state index in [9.17, 15) is 0 Å². The van der Waals surface area contributed by atoms with Gasteiger partial charge in [0, 0.05) is 0 Å². The number of thiol groups is 1. The molecule has 0 bridgehead atoms. The normalized spacial score (nSPS) is 36.6. The molecule has 1 aliphatic heterocycles. The predicted molar refractivity (Wildman–Crippen MR) is 31.6 cm³/mol. The molecule has 5 heteroatoms. The van der Waals surface area contributed by atoms with Gasteiger partial charge in [0.15, 0.2) is 17.6 Å². The third-order valence-electron chi connectivity index (χ3n) is 0.814. The van der Waals surface area contributed by atoms with Crippen molar-refractivity contribution in [2.24, 2.45) is 4.99 Å². The Morgan fingerprint density at radius 2 is 2.25 bits per heavy atom. The Kier molecular flexibility index (Phi) is 1.41. The van der Waals surface area contributed by atoms with Crippen LogP contribution >= 0.6 is 12.6 Å². The third-order valence-corrected chi connectivity index (χ3v) is 1.06. The Balaban J connectivity index is 2.56. The molecule has 0 aromatic carbocycles. The van der Waals surface area contributed by atoms with Crippen LogP contribution in [0.3, 0.4) is 0 Å². The molecule has 8 heavy (non-hydrogen) atoms. The van der Waals surface area contributed by atoms with Gasteiger partial charge in [0.25, 0.3) is 0 Å². The summed E-state index contributed by atoms with van der Waals surface area (Å²) in [6.45, 7) is 0. The van der Waals surface area contributed by atoms with E-state index in [0.29, 0.717) is 0 Å². The highest BCUT2D eigenvalue weighted by atomic mass is 32.1. The highest BCUT2D eigenvalue weighted by molar-refractivity contribution is 7.96. The van der Waals surface area contributed by atoms with Crippen LogP contribution in [-0.2, 0) is 0 Å². The molecule has 2 unspecified atom stereocenters. The summed E-state index contributed by atoms with van der Waals surface area (Å²) in [7, 11) is 0. The maximum Gasteiger partial charge on any atom is 0.193 e. The van der Waals surface area contributed by atoms with Crippen LogP contribution in [0.1, 0.15) is 0 Å². The number of rotatable bonds is 0. The molecule has 3 N–H and O–H groups in total. The second-order valence-electron chi connectivity index (χ2n) is 1.46. The monoisotopic (exact) mass is 134 g/mol. The summed E-state index contributed by atoms with van der Waals surface area (Å²) < 4.78 is 0. The number of amidine groups is 1. The quantitative estimate of drug-likeness (QED) is 0.305. The van der Waals surface area contributed by atoms with E-state index in [0.717, 1.165) is 0 Å². The Morgan fingerprint density at radius 1 is 1.62 bits per heavy atom. The lowest BCUT2D eigenvalue weighted by atomic mass is 10.5. The number of aliphatic imine (C=N–C) groups is 1. The van der Waals surface area contributed by atoms with Gasteiger partial charge >= 0.3 is 0 Å². The van der Waals surface area contributed by atoms with Gasteiger partial charge in [-0.1, -0.05) is 0 Å². The van der Waals surface area contributed by atoms with Crippen LogP contribution in [0.5, 0.6) is 0 Å². The minimum atomic E-state index is -1.05. The summed E-state index contributed by atoms with van der Waals surface area (Å²) in [6.07, 6.45) is -2.04. The zero-order chi connectivity index (χ0) is 6.15. The van der Waals surface area contributed by atoms with Crippen LogP contribution in [0, 0.1) is 0 Å². The van der Waals surface area contributed by atoms with E-state index in [1.807, 2.05) is 0 Å². The number of nitrogens with zero attached hydrogens (tertiary/aromatic N) is 1. The zero-order valence-corrected chi connectivity index (χ0v) is 4.84. The molecule has 0 spiro atoms. The van der Waals surface area contributed by atoms with E-state index in [1.54, 1.807) is 0 Å². The molecule has 0 saturated heterocycles. The fourth-order valence-electron chi connectivity index (χ4n) is 0.440. The van der Waals surface area contributed by atoms with E-state index >= 15 is 0 Å². The van der Waals surface area contributed by atoms with Gasteiger partial charge in [0.05, 0.1) is 0 Å². The van der Waals surface area contributed by atoms with Crippen molar-refractivity contribution in [1.29, 1.82) is 0 Å². The lowest BCUT2D eigenvalue weighted by Crippen LogP contribution is -2.32. The standard InChI is InChI=1S/C3H6N2O2S/c6-1-2(7)5-3(8)4-1/h1-2,6-7H,(H2,4,5,8). The molecule has 0 saturated carbocycles. The molecule has 0 radical (unpaired) electrons. The van der Waals surface area contributed by atoms with Crippen LogP contribution in [-0.4, -0.2) is 27.8 Å². The van der Waals surface area contributed by atoms with Gasteiger partial charge in [0.1, 0.15) is 0 Å². The van der Waals surface area contributed by atoms with Crippen LogP contribution in [0.25, 0.3) is 0 Å². The molecular weight excluding hydrogens is 128 g/mol. The second kappa shape index (κ2) is 1.93. The van der Waals surface area contributed by atoms with Crippen molar-refractivity contribution in [3.05, 3.63) is 0 Å². The zero-order valence-electron chi connectivity index (χ0n) is 3.94. The maximum atomic E-state index is 8.64. The number of hydrogen-bond donors (Lipinski definition) is 4. The summed E-state index contributed by atoms with van der Waals surface area (Å²) in [4.78, 5) is 3.45. The van der Waals surface area contributed by atoms with Crippen molar-refractivity contribution < 1.29 is 10.2 Å². The van der Waals surface area contributed by atoms with Crippen LogP contribution < -0.4 is 5.32 Å². The van der Waals surface area contributed by atoms with Crippen molar-refractivity contribution >= 4 is 17.8 Å². The Labute approximate surface area is 51.7 Å². The fraction of sp³-hybridized carbons (Fsp3) is 0.667. The molecule has 1 heterocycles. The van der Waals surface area contributed by atoms with E-state index in [-0.39, 0.29) is 5.17 Å². The first-order chi connectivity index (χ1) is 3.70. The van der Waals surface area contributed by atoms with Gasteiger partial charge in [-0.25, -0.2) is 4.99 Å². The van der Waals surface area contributed by atoms with Gasteiger partial charge in [-0.3, -0.25) is 0 Å². The summed E-state index contributed by atoms with van der Waals surface area (Å²) in [5.74, 6) is 0. The summed E-state index contributed by atoms with van der Waals surface area (Å²) in [5, 5.41) is 19.9. The predicted octanol–water partition coefficient (Wildman–Crippen LogP) is -1.49. The average molecular weight is 134 g/mol. The molecule has 0 aliphatic carbocycles. The fourth-order valence-corrected chi connectivity index (χ4v) is 0.691. The lowest BCUT2D eigenvalue weighted by molar-refractivity contribution is 0.0288. The summed E-state index contributed by atoms with van der Waals surface area (Å²) >= 11 is 3.73. The first kappa shape index (κ1) is 5.87. The number of nitrogens with one attached hydrogen (secondary N) is 1. The smallest absolute Gasteiger partial charge is 0.193 e. The van der Waals surface area contributed by atoms with E-state index in [4.69, 9.17) is 10.2 Å². The highest BCUT2D eigenvalue weighted by Gasteiger charge is 2.21. The van der Waals surface area contributed by atoms with Crippen molar-refractivity contribution in [1.82, 2.24) is 5.32 Å². The Morgan fingerprint density at radius 3 is 2.38 bits per heavy atom. The van der Waals surface area contributed by atoms with Gasteiger partial charge in [-0.2, -0.15) is 0 Å². The minimum Gasteiger partial charge on any atom is -0.369 e.